The second-order valence-electron chi connectivity index (χ2n) is 3.35. The number of carbonyl (C=O) groups is 1. The SMILES string of the molecule is COCCC(=O)N1CC(F)(CN)C1. The Kier molecular flexibility index (Phi) is 3.22. The first kappa shape index (κ1) is 10.4. The third-order valence-corrected chi connectivity index (χ3v) is 2.19. The molecular formula is C8H15FN2O2. The highest BCUT2D eigenvalue weighted by Crippen LogP contribution is 2.24. The van der Waals surface area contributed by atoms with E-state index in [0.717, 1.165) is 0 Å². The summed E-state index contributed by atoms with van der Waals surface area (Å²) in [4.78, 5) is 12.7. The molecule has 0 atom stereocenters. The molecule has 13 heavy (non-hydrogen) atoms. The van der Waals surface area contributed by atoms with Gasteiger partial charge in [0.1, 0.15) is 0 Å². The molecule has 0 aromatic heterocycles. The first-order valence-corrected chi connectivity index (χ1v) is 4.27. The first-order valence-electron chi connectivity index (χ1n) is 4.27. The van der Waals surface area contributed by atoms with Gasteiger partial charge in [-0.3, -0.25) is 4.79 Å². The average molecular weight is 190 g/mol. The number of hydrogen-bond acceptors (Lipinski definition) is 3. The lowest BCUT2D eigenvalue weighted by atomic mass is 9.96. The van der Waals surface area contributed by atoms with Gasteiger partial charge in [-0.15, -0.1) is 0 Å². The molecule has 1 heterocycles. The molecule has 0 aliphatic carbocycles. The van der Waals surface area contributed by atoms with E-state index < -0.39 is 5.67 Å². The maximum Gasteiger partial charge on any atom is 0.225 e. The third kappa shape index (κ3) is 2.38. The van der Waals surface area contributed by atoms with Crippen molar-refractivity contribution in [1.29, 1.82) is 0 Å². The Hall–Kier alpha value is -0.680. The van der Waals surface area contributed by atoms with E-state index in [0.29, 0.717) is 13.0 Å². The molecule has 76 valence electrons. The quantitative estimate of drug-likeness (QED) is 0.652. The van der Waals surface area contributed by atoms with Crippen LogP contribution in [0.15, 0.2) is 0 Å². The second kappa shape index (κ2) is 4.02. The molecule has 2 N–H and O–H groups in total. The molecule has 0 aromatic rings. The van der Waals surface area contributed by atoms with Crippen LogP contribution in [-0.4, -0.2) is 49.8 Å². The molecular weight excluding hydrogens is 175 g/mol. The van der Waals surface area contributed by atoms with E-state index in [-0.39, 0.29) is 25.5 Å². The highest BCUT2D eigenvalue weighted by atomic mass is 19.1. The average Bonchev–Trinajstić information content (AvgIpc) is 2.09. The predicted molar refractivity (Wildman–Crippen MR) is 46.0 cm³/mol. The van der Waals surface area contributed by atoms with Crippen molar-refractivity contribution in [3.8, 4) is 0 Å². The molecule has 0 radical (unpaired) electrons. The highest BCUT2D eigenvalue weighted by molar-refractivity contribution is 5.77. The normalized spacial score (nSPS) is 19.8. The van der Waals surface area contributed by atoms with Crippen LogP contribution in [0.4, 0.5) is 4.39 Å². The largest absolute Gasteiger partial charge is 0.384 e. The van der Waals surface area contributed by atoms with Crippen LogP contribution in [-0.2, 0) is 9.53 Å². The van der Waals surface area contributed by atoms with Crippen LogP contribution in [0.5, 0.6) is 0 Å². The zero-order valence-electron chi connectivity index (χ0n) is 7.75. The van der Waals surface area contributed by atoms with Gasteiger partial charge in [-0.25, -0.2) is 4.39 Å². The van der Waals surface area contributed by atoms with Gasteiger partial charge in [0.2, 0.25) is 5.91 Å². The number of carbonyl (C=O) groups excluding carboxylic acids is 1. The van der Waals surface area contributed by atoms with Gasteiger partial charge in [-0.1, -0.05) is 0 Å². The highest BCUT2D eigenvalue weighted by Gasteiger charge is 2.44. The van der Waals surface area contributed by atoms with Crippen molar-refractivity contribution in [3.05, 3.63) is 0 Å². The molecule has 1 aliphatic heterocycles. The summed E-state index contributed by atoms with van der Waals surface area (Å²) in [7, 11) is 1.53. The van der Waals surface area contributed by atoms with Crippen molar-refractivity contribution in [2.45, 2.75) is 12.1 Å². The Bertz CT molecular complexity index is 193. The summed E-state index contributed by atoms with van der Waals surface area (Å²) in [5.74, 6) is -0.0661. The zero-order chi connectivity index (χ0) is 9.90. The molecule has 1 fully saturated rings. The maximum atomic E-state index is 13.2. The summed E-state index contributed by atoms with van der Waals surface area (Å²) >= 11 is 0. The topological polar surface area (TPSA) is 55.6 Å². The van der Waals surface area contributed by atoms with Gasteiger partial charge in [0.05, 0.1) is 26.1 Å². The molecule has 0 aromatic carbocycles. The van der Waals surface area contributed by atoms with Gasteiger partial charge in [-0.2, -0.15) is 0 Å². The summed E-state index contributed by atoms with van der Waals surface area (Å²) < 4.78 is 18.0. The fourth-order valence-electron chi connectivity index (χ4n) is 1.29. The standard InChI is InChI=1S/C8H15FN2O2/c1-13-3-2-7(12)11-5-8(9,4-10)6-11/h2-6,10H2,1H3. The van der Waals surface area contributed by atoms with Crippen molar-refractivity contribution < 1.29 is 13.9 Å². The fraction of sp³-hybridized carbons (Fsp3) is 0.875. The molecule has 1 rings (SSSR count). The maximum absolute atomic E-state index is 13.2. The Morgan fingerprint density at radius 2 is 2.31 bits per heavy atom. The van der Waals surface area contributed by atoms with Gasteiger partial charge in [0.15, 0.2) is 5.67 Å². The molecule has 0 saturated carbocycles. The molecule has 1 amide bonds. The number of likely N-dealkylation sites (tertiary alicyclic amines) is 1. The minimum atomic E-state index is -1.34. The second-order valence-corrected chi connectivity index (χ2v) is 3.35. The van der Waals surface area contributed by atoms with Crippen LogP contribution in [0.3, 0.4) is 0 Å². The van der Waals surface area contributed by atoms with E-state index in [2.05, 4.69) is 0 Å². The number of nitrogens with two attached hydrogens (primary N) is 1. The molecule has 0 unspecified atom stereocenters. The smallest absolute Gasteiger partial charge is 0.225 e. The van der Waals surface area contributed by atoms with E-state index in [1.807, 2.05) is 0 Å². The Morgan fingerprint density at radius 1 is 1.69 bits per heavy atom. The van der Waals surface area contributed by atoms with Crippen LogP contribution in [0.1, 0.15) is 6.42 Å². The molecule has 0 bridgehead atoms. The number of alkyl halides is 1. The van der Waals surface area contributed by atoms with E-state index in [1.165, 1.54) is 12.0 Å². The Balaban J connectivity index is 2.23. The lowest BCUT2D eigenvalue weighted by molar-refractivity contribution is -0.145. The number of methoxy groups -OCH3 is 1. The van der Waals surface area contributed by atoms with Crippen molar-refractivity contribution in [1.82, 2.24) is 4.90 Å². The predicted octanol–water partition coefficient (Wildman–Crippen LogP) is -0.468. The van der Waals surface area contributed by atoms with Crippen LogP contribution >= 0.6 is 0 Å². The van der Waals surface area contributed by atoms with E-state index >= 15 is 0 Å². The summed E-state index contributed by atoms with van der Waals surface area (Å²) in [5, 5.41) is 0. The van der Waals surface area contributed by atoms with Crippen LogP contribution in [0, 0.1) is 0 Å². The number of hydrogen-bond donors (Lipinski definition) is 1. The first-order chi connectivity index (χ1) is 6.11. The lowest BCUT2D eigenvalue weighted by Crippen LogP contribution is -2.64. The summed E-state index contributed by atoms with van der Waals surface area (Å²) in [5.41, 5.74) is 3.85. The summed E-state index contributed by atoms with van der Waals surface area (Å²) in [6, 6.07) is 0. The van der Waals surface area contributed by atoms with Crippen LogP contribution in [0.2, 0.25) is 0 Å². The molecule has 4 nitrogen and oxygen atoms in total. The van der Waals surface area contributed by atoms with E-state index in [9.17, 15) is 9.18 Å². The van der Waals surface area contributed by atoms with Crippen LogP contribution < -0.4 is 5.73 Å². The number of ether oxygens (including phenoxy) is 1. The minimum Gasteiger partial charge on any atom is -0.384 e. The van der Waals surface area contributed by atoms with Crippen molar-refractivity contribution in [2.24, 2.45) is 5.73 Å². The molecule has 0 spiro atoms. The summed E-state index contributed by atoms with van der Waals surface area (Å²) in [6.45, 7) is 0.635. The third-order valence-electron chi connectivity index (χ3n) is 2.19. The Morgan fingerprint density at radius 3 is 2.77 bits per heavy atom. The Labute approximate surface area is 76.8 Å². The van der Waals surface area contributed by atoms with Gasteiger partial charge in [0, 0.05) is 13.7 Å². The molecule has 1 aliphatic rings. The number of rotatable bonds is 4. The number of halogens is 1. The van der Waals surface area contributed by atoms with E-state index in [4.69, 9.17) is 10.5 Å². The number of nitrogens with zero attached hydrogens (tertiary/aromatic N) is 1. The minimum absolute atomic E-state index is 0.0128. The van der Waals surface area contributed by atoms with Gasteiger partial charge >= 0.3 is 0 Å². The molecule has 1 saturated heterocycles. The molecule has 5 heteroatoms. The lowest BCUT2D eigenvalue weighted by Gasteiger charge is -2.43. The van der Waals surface area contributed by atoms with Crippen molar-refractivity contribution in [3.63, 3.8) is 0 Å². The zero-order valence-corrected chi connectivity index (χ0v) is 7.75. The van der Waals surface area contributed by atoms with Gasteiger partial charge in [-0.05, 0) is 0 Å². The van der Waals surface area contributed by atoms with Gasteiger partial charge in [0.25, 0.3) is 0 Å². The fourth-order valence-corrected chi connectivity index (χ4v) is 1.29. The van der Waals surface area contributed by atoms with Crippen molar-refractivity contribution in [2.75, 3.05) is 33.4 Å². The number of amides is 1. The monoisotopic (exact) mass is 190 g/mol. The van der Waals surface area contributed by atoms with Crippen LogP contribution in [0.25, 0.3) is 0 Å². The summed E-state index contributed by atoms with van der Waals surface area (Å²) in [6.07, 6.45) is 0.317. The van der Waals surface area contributed by atoms with Crippen molar-refractivity contribution >= 4 is 5.91 Å². The van der Waals surface area contributed by atoms with Gasteiger partial charge < -0.3 is 15.4 Å². The van der Waals surface area contributed by atoms with E-state index in [1.54, 1.807) is 0 Å².